The van der Waals surface area contributed by atoms with Crippen LogP contribution in [0.25, 0.3) is 0 Å². The molecule has 0 saturated carbocycles. The zero-order valence-corrected chi connectivity index (χ0v) is 9.94. The van der Waals surface area contributed by atoms with E-state index in [1.807, 2.05) is 35.6 Å². The van der Waals surface area contributed by atoms with E-state index in [0.29, 0.717) is 0 Å². The van der Waals surface area contributed by atoms with Crippen molar-refractivity contribution in [3.63, 3.8) is 0 Å². The van der Waals surface area contributed by atoms with Gasteiger partial charge in [-0.05, 0) is 20.8 Å². The van der Waals surface area contributed by atoms with E-state index in [0.717, 1.165) is 35.7 Å². The summed E-state index contributed by atoms with van der Waals surface area (Å²) in [5.74, 6) is 0. The molecule has 2 aromatic rings. The minimum Gasteiger partial charge on any atom is -0.396 e. The lowest BCUT2D eigenvalue weighted by molar-refractivity contribution is 0.647. The Balaban J connectivity index is 2.23. The summed E-state index contributed by atoms with van der Waals surface area (Å²) in [6, 6.07) is 0. The second kappa shape index (κ2) is 4.00. The van der Waals surface area contributed by atoms with Crippen molar-refractivity contribution in [2.45, 2.75) is 33.9 Å². The minimum absolute atomic E-state index is 0.726. The summed E-state index contributed by atoms with van der Waals surface area (Å²) in [5.41, 5.74) is 9.71. The van der Waals surface area contributed by atoms with Gasteiger partial charge in [0.1, 0.15) is 0 Å². The van der Waals surface area contributed by atoms with E-state index in [4.69, 9.17) is 5.73 Å². The molecule has 5 nitrogen and oxygen atoms in total. The number of hydrogen-bond acceptors (Lipinski definition) is 3. The molecule has 0 spiro atoms. The first kappa shape index (κ1) is 10.7. The van der Waals surface area contributed by atoms with Crippen LogP contribution in [0.1, 0.15) is 23.9 Å². The Labute approximate surface area is 94.9 Å². The Morgan fingerprint density at radius 1 is 1.38 bits per heavy atom. The second-order valence-corrected chi connectivity index (χ2v) is 3.95. The molecule has 16 heavy (non-hydrogen) atoms. The molecule has 0 unspecified atom stereocenters. The van der Waals surface area contributed by atoms with Gasteiger partial charge in [-0.15, -0.1) is 0 Å². The lowest BCUT2D eigenvalue weighted by Gasteiger charge is -2.01. The smallest absolute Gasteiger partial charge is 0.0826 e. The molecular formula is C11H17N5. The van der Waals surface area contributed by atoms with Crippen LogP contribution in [0, 0.1) is 13.8 Å². The molecule has 0 aliphatic heterocycles. The minimum atomic E-state index is 0.726. The predicted octanol–water partition coefficient (Wildman–Crippen LogP) is 1.35. The highest BCUT2D eigenvalue weighted by Gasteiger charge is 2.08. The third kappa shape index (κ3) is 1.80. The van der Waals surface area contributed by atoms with Crippen molar-refractivity contribution in [2.75, 3.05) is 5.73 Å². The number of aryl methyl sites for hydroxylation is 2. The van der Waals surface area contributed by atoms with Gasteiger partial charge < -0.3 is 5.73 Å². The van der Waals surface area contributed by atoms with Crippen LogP contribution >= 0.6 is 0 Å². The van der Waals surface area contributed by atoms with Gasteiger partial charge in [-0.25, -0.2) is 0 Å². The van der Waals surface area contributed by atoms with Crippen molar-refractivity contribution in [1.29, 1.82) is 0 Å². The first-order valence-corrected chi connectivity index (χ1v) is 5.42. The maximum absolute atomic E-state index is 5.88. The van der Waals surface area contributed by atoms with E-state index in [1.54, 1.807) is 0 Å². The summed E-state index contributed by atoms with van der Waals surface area (Å²) >= 11 is 0. The van der Waals surface area contributed by atoms with E-state index in [1.165, 1.54) is 0 Å². The van der Waals surface area contributed by atoms with Gasteiger partial charge in [-0.1, -0.05) is 0 Å². The molecule has 0 atom stereocenters. The first-order valence-electron chi connectivity index (χ1n) is 5.42. The van der Waals surface area contributed by atoms with E-state index >= 15 is 0 Å². The third-order valence-corrected chi connectivity index (χ3v) is 2.78. The number of nitrogen functional groups attached to an aromatic ring is 1. The van der Waals surface area contributed by atoms with Crippen LogP contribution in [0.5, 0.6) is 0 Å². The monoisotopic (exact) mass is 219 g/mol. The fourth-order valence-corrected chi connectivity index (χ4v) is 1.70. The molecule has 5 heteroatoms. The Morgan fingerprint density at radius 3 is 2.62 bits per heavy atom. The van der Waals surface area contributed by atoms with E-state index in [2.05, 4.69) is 17.1 Å². The molecule has 2 aromatic heterocycles. The van der Waals surface area contributed by atoms with Gasteiger partial charge in [0.05, 0.1) is 29.8 Å². The quantitative estimate of drug-likeness (QED) is 0.847. The Morgan fingerprint density at radius 2 is 2.12 bits per heavy atom. The zero-order chi connectivity index (χ0) is 11.7. The fraction of sp³-hybridized carbons (Fsp3) is 0.455. The van der Waals surface area contributed by atoms with Crippen LogP contribution in [-0.4, -0.2) is 19.6 Å². The van der Waals surface area contributed by atoms with Crippen LogP contribution in [-0.2, 0) is 13.1 Å². The van der Waals surface area contributed by atoms with E-state index in [-0.39, 0.29) is 0 Å². The fourth-order valence-electron chi connectivity index (χ4n) is 1.70. The lowest BCUT2D eigenvalue weighted by Crippen LogP contribution is -2.03. The second-order valence-electron chi connectivity index (χ2n) is 3.95. The van der Waals surface area contributed by atoms with Gasteiger partial charge in [0, 0.05) is 18.3 Å². The molecule has 0 radical (unpaired) electrons. The Bertz CT molecular complexity index is 494. The number of nitrogens with two attached hydrogens (primary N) is 1. The number of rotatable bonds is 3. The largest absolute Gasteiger partial charge is 0.396 e. The standard InChI is InChI=1S/C11H17N5/c1-4-15-6-10(5-13-15)7-16-9(3)11(12)8(2)14-16/h5-6H,4,7,12H2,1-3H3. The summed E-state index contributed by atoms with van der Waals surface area (Å²) < 4.78 is 3.83. The molecule has 0 bridgehead atoms. The van der Waals surface area contributed by atoms with Crippen molar-refractivity contribution in [3.05, 3.63) is 29.3 Å². The maximum atomic E-state index is 5.88. The molecule has 0 saturated heterocycles. The molecule has 0 fully saturated rings. The average Bonchev–Trinajstić information content (AvgIpc) is 2.81. The van der Waals surface area contributed by atoms with E-state index < -0.39 is 0 Å². The van der Waals surface area contributed by atoms with E-state index in [9.17, 15) is 0 Å². The average molecular weight is 219 g/mol. The summed E-state index contributed by atoms with van der Waals surface area (Å²) in [7, 11) is 0. The Hall–Kier alpha value is -1.78. The summed E-state index contributed by atoms with van der Waals surface area (Å²) in [6.45, 7) is 7.59. The molecule has 2 rings (SSSR count). The normalized spacial score (nSPS) is 10.9. The molecular weight excluding hydrogens is 202 g/mol. The highest BCUT2D eigenvalue weighted by atomic mass is 15.3. The molecule has 0 aromatic carbocycles. The summed E-state index contributed by atoms with van der Waals surface area (Å²) in [4.78, 5) is 0. The molecule has 2 N–H and O–H groups in total. The predicted molar refractivity (Wildman–Crippen MR) is 63.1 cm³/mol. The van der Waals surface area contributed by atoms with Crippen LogP contribution in [0.4, 0.5) is 5.69 Å². The number of hydrogen-bond donors (Lipinski definition) is 1. The number of nitrogens with zero attached hydrogens (tertiary/aromatic N) is 4. The maximum Gasteiger partial charge on any atom is 0.0826 e. The molecule has 86 valence electrons. The van der Waals surface area contributed by atoms with Crippen molar-refractivity contribution >= 4 is 5.69 Å². The number of aromatic nitrogens is 4. The topological polar surface area (TPSA) is 61.7 Å². The van der Waals surface area contributed by atoms with Crippen molar-refractivity contribution in [1.82, 2.24) is 19.6 Å². The van der Waals surface area contributed by atoms with Crippen LogP contribution in [0.15, 0.2) is 12.4 Å². The highest BCUT2D eigenvalue weighted by molar-refractivity contribution is 5.46. The first-order chi connectivity index (χ1) is 7.61. The van der Waals surface area contributed by atoms with Crippen molar-refractivity contribution in [3.8, 4) is 0 Å². The third-order valence-electron chi connectivity index (χ3n) is 2.78. The van der Waals surface area contributed by atoms with Gasteiger partial charge in [-0.2, -0.15) is 10.2 Å². The van der Waals surface area contributed by atoms with Gasteiger partial charge in [0.15, 0.2) is 0 Å². The van der Waals surface area contributed by atoms with Gasteiger partial charge in [-0.3, -0.25) is 9.36 Å². The molecule has 0 aliphatic rings. The van der Waals surface area contributed by atoms with Crippen LogP contribution in [0.3, 0.4) is 0 Å². The molecule has 2 heterocycles. The summed E-state index contributed by atoms with van der Waals surface area (Å²) in [5, 5.41) is 8.63. The van der Waals surface area contributed by atoms with Crippen LogP contribution < -0.4 is 5.73 Å². The van der Waals surface area contributed by atoms with Crippen molar-refractivity contribution < 1.29 is 0 Å². The molecule has 0 amide bonds. The zero-order valence-electron chi connectivity index (χ0n) is 9.94. The van der Waals surface area contributed by atoms with Crippen LogP contribution in [0.2, 0.25) is 0 Å². The van der Waals surface area contributed by atoms with Crippen molar-refractivity contribution in [2.24, 2.45) is 0 Å². The SMILES string of the molecule is CCn1cc(Cn2nc(C)c(N)c2C)cn1. The molecule has 0 aliphatic carbocycles. The number of anilines is 1. The Kier molecular flexibility index (Phi) is 2.68. The summed E-state index contributed by atoms with van der Waals surface area (Å²) in [6.07, 6.45) is 3.91. The van der Waals surface area contributed by atoms with Gasteiger partial charge in [0.25, 0.3) is 0 Å². The lowest BCUT2D eigenvalue weighted by atomic mass is 10.3. The van der Waals surface area contributed by atoms with Gasteiger partial charge in [0.2, 0.25) is 0 Å². The van der Waals surface area contributed by atoms with Gasteiger partial charge >= 0.3 is 0 Å². The highest BCUT2D eigenvalue weighted by Crippen LogP contribution is 2.15.